The zero-order chi connectivity index (χ0) is 22.3. The molecule has 7 heteroatoms. The molecule has 1 fully saturated rings. The molecule has 0 spiro atoms. The van der Waals surface area contributed by atoms with E-state index in [0.29, 0.717) is 38.1 Å². The first-order valence-electron chi connectivity index (χ1n) is 10.4. The molecule has 0 saturated carbocycles. The highest BCUT2D eigenvalue weighted by Gasteiger charge is 2.33. The Morgan fingerprint density at radius 1 is 1.19 bits per heavy atom. The highest BCUT2D eigenvalue weighted by atomic mass is 32.2. The number of rotatable bonds is 8. The van der Waals surface area contributed by atoms with E-state index >= 15 is 0 Å². The predicted octanol–water partition coefficient (Wildman–Crippen LogP) is 2.77. The second-order valence-corrected chi connectivity index (χ2v) is 9.63. The molecule has 3 rings (SSSR count). The number of benzene rings is 2. The van der Waals surface area contributed by atoms with Gasteiger partial charge in [0.1, 0.15) is 12.4 Å². The van der Waals surface area contributed by atoms with E-state index in [2.05, 4.69) is 11.2 Å². The molecule has 31 heavy (non-hydrogen) atoms. The van der Waals surface area contributed by atoms with Crippen LogP contribution in [0, 0.1) is 25.2 Å². The van der Waals surface area contributed by atoms with Crippen molar-refractivity contribution >= 4 is 15.9 Å². The second kappa shape index (κ2) is 10.5. The number of nitrogens with one attached hydrogen (secondary N) is 1. The third kappa shape index (κ3) is 6.09. The fraction of sp³-hybridized carbons (Fsp3) is 0.375. The largest absolute Gasteiger partial charge is 0.481 e. The van der Waals surface area contributed by atoms with Crippen molar-refractivity contribution in [3.05, 3.63) is 59.7 Å². The average Bonchev–Trinajstić information content (AvgIpc) is 2.79. The van der Waals surface area contributed by atoms with Gasteiger partial charge >= 0.3 is 0 Å². The summed E-state index contributed by atoms with van der Waals surface area (Å²) in [5.74, 6) is 2.69. The van der Waals surface area contributed by atoms with Crippen molar-refractivity contribution < 1.29 is 17.9 Å². The summed E-state index contributed by atoms with van der Waals surface area (Å²) < 4.78 is 32.6. The Hall–Kier alpha value is -2.82. The minimum absolute atomic E-state index is 0.0993. The molecule has 0 radical (unpaired) electrons. The van der Waals surface area contributed by atoms with Crippen LogP contribution >= 0.6 is 0 Å². The number of nitrogens with zero attached hydrogens (tertiary/aromatic N) is 1. The number of amides is 1. The molecular weight excluding hydrogens is 412 g/mol. The zero-order valence-electron chi connectivity index (χ0n) is 17.7. The van der Waals surface area contributed by atoms with Crippen LogP contribution in [0.4, 0.5) is 0 Å². The van der Waals surface area contributed by atoms with Crippen molar-refractivity contribution in [3.63, 3.8) is 0 Å². The van der Waals surface area contributed by atoms with Gasteiger partial charge in [-0.25, -0.2) is 8.42 Å². The van der Waals surface area contributed by atoms with Crippen LogP contribution in [0.3, 0.4) is 0 Å². The topological polar surface area (TPSA) is 75.7 Å². The molecule has 1 saturated heterocycles. The van der Waals surface area contributed by atoms with Gasteiger partial charge in [-0.3, -0.25) is 4.79 Å². The van der Waals surface area contributed by atoms with Crippen molar-refractivity contribution in [1.29, 1.82) is 0 Å². The number of aryl methyl sites for hydroxylation is 1. The van der Waals surface area contributed by atoms with Crippen LogP contribution in [-0.4, -0.2) is 44.9 Å². The molecule has 2 aromatic carbocycles. The van der Waals surface area contributed by atoms with Crippen LogP contribution in [0.2, 0.25) is 0 Å². The lowest BCUT2D eigenvalue weighted by molar-refractivity contribution is -0.126. The number of sulfonamides is 1. The van der Waals surface area contributed by atoms with E-state index in [9.17, 15) is 13.2 Å². The zero-order valence-corrected chi connectivity index (χ0v) is 18.5. The minimum atomic E-state index is -3.59. The van der Waals surface area contributed by atoms with E-state index in [4.69, 9.17) is 11.2 Å². The van der Waals surface area contributed by atoms with Gasteiger partial charge in [0.25, 0.3) is 0 Å². The molecule has 0 aliphatic carbocycles. The van der Waals surface area contributed by atoms with Gasteiger partial charge in [-0.15, -0.1) is 6.42 Å². The number of hydrogen-bond donors (Lipinski definition) is 1. The number of ether oxygens (including phenoxy) is 1. The molecule has 1 atom stereocenters. The van der Waals surface area contributed by atoms with Crippen molar-refractivity contribution in [3.8, 4) is 18.1 Å². The predicted molar refractivity (Wildman–Crippen MR) is 120 cm³/mol. The lowest BCUT2D eigenvalue weighted by Gasteiger charge is -2.31. The molecule has 1 unspecified atom stereocenters. The van der Waals surface area contributed by atoms with E-state index in [-0.39, 0.29) is 29.9 Å². The summed E-state index contributed by atoms with van der Waals surface area (Å²) in [6.07, 6.45) is 7.21. The quantitative estimate of drug-likeness (QED) is 0.641. The monoisotopic (exact) mass is 440 g/mol. The van der Waals surface area contributed by atoms with E-state index < -0.39 is 10.0 Å². The number of hydrogen-bond acceptors (Lipinski definition) is 4. The second-order valence-electron chi connectivity index (χ2n) is 7.69. The molecule has 1 amide bonds. The van der Waals surface area contributed by atoms with Crippen LogP contribution in [0.25, 0.3) is 0 Å². The lowest BCUT2D eigenvalue weighted by atomic mass is 9.99. The van der Waals surface area contributed by atoms with Crippen molar-refractivity contribution in [2.75, 3.05) is 26.2 Å². The van der Waals surface area contributed by atoms with Crippen LogP contribution in [-0.2, 0) is 21.2 Å². The lowest BCUT2D eigenvalue weighted by Crippen LogP contribution is -2.45. The Bertz CT molecular complexity index is 1020. The van der Waals surface area contributed by atoms with E-state index in [1.807, 2.05) is 31.2 Å². The Morgan fingerprint density at radius 2 is 1.90 bits per heavy atom. The highest BCUT2D eigenvalue weighted by Crippen LogP contribution is 2.24. The van der Waals surface area contributed by atoms with Gasteiger partial charge in [0, 0.05) is 19.6 Å². The standard InChI is InChI=1S/C24H28N2O4S/c1-3-17-30-22-10-8-20(9-11-22)14-15-25-24(27)21-5-4-16-26(18-21)31(28,29)23-12-6-19(2)7-13-23/h1,6-13,21H,4-5,14-18H2,2H3,(H,25,27). The molecule has 1 aliphatic rings. The Balaban J connectivity index is 1.51. The molecule has 1 N–H and O–H groups in total. The van der Waals surface area contributed by atoms with Crippen LogP contribution in [0.15, 0.2) is 53.4 Å². The molecule has 6 nitrogen and oxygen atoms in total. The first kappa shape index (κ1) is 22.9. The maximum atomic E-state index is 12.9. The third-order valence-corrected chi connectivity index (χ3v) is 7.25. The molecule has 0 bridgehead atoms. The normalized spacial score (nSPS) is 17.0. The third-order valence-electron chi connectivity index (χ3n) is 5.37. The summed E-state index contributed by atoms with van der Waals surface area (Å²) in [5.41, 5.74) is 2.07. The summed E-state index contributed by atoms with van der Waals surface area (Å²) >= 11 is 0. The molecular formula is C24H28N2O4S. The van der Waals surface area contributed by atoms with Crippen LogP contribution < -0.4 is 10.1 Å². The molecule has 2 aromatic rings. The summed E-state index contributed by atoms with van der Waals surface area (Å²) in [7, 11) is -3.59. The van der Waals surface area contributed by atoms with Crippen LogP contribution in [0.1, 0.15) is 24.0 Å². The number of carbonyl (C=O) groups is 1. The number of piperidine rings is 1. The maximum absolute atomic E-state index is 12.9. The van der Waals surface area contributed by atoms with Gasteiger partial charge in [0.15, 0.2) is 0 Å². The summed E-state index contributed by atoms with van der Waals surface area (Å²) in [5, 5.41) is 2.95. The average molecular weight is 441 g/mol. The van der Waals surface area contributed by atoms with Gasteiger partial charge in [-0.2, -0.15) is 4.31 Å². The molecule has 0 aromatic heterocycles. The highest BCUT2D eigenvalue weighted by molar-refractivity contribution is 7.89. The smallest absolute Gasteiger partial charge is 0.243 e. The Morgan fingerprint density at radius 3 is 2.58 bits per heavy atom. The van der Waals surface area contributed by atoms with E-state index in [1.165, 1.54) is 4.31 Å². The summed E-state index contributed by atoms with van der Waals surface area (Å²) in [6, 6.07) is 14.4. The van der Waals surface area contributed by atoms with Gasteiger partial charge < -0.3 is 10.1 Å². The fourth-order valence-corrected chi connectivity index (χ4v) is 5.11. The van der Waals surface area contributed by atoms with Crippen LogP contribution in [0.5, 0.6) is 5.75 Å². The van der Waals surface area contributed by atoms with Crippen molar-refractivity contribution in [2.45, 2.75) is 31.1 Å². The van der Waals surface area contributed by atoms with Gasteiger partial charge in [0.05, 0.1) is 10.8 Å². The van der Waals surface area contributed by atoms with E-state index in [1.54, 1.807) is 24.3 Å². The molecule has 1 heterocycles. The molecule has 164 valence electrons. The van der Waals surface area contributed by atoms with Gasteiger partial charge in [-0.05, 0) is 56.0 Å². The minimum Gasteiger partial charge on any atom is -0.481 e. The summed E-state index contributed by atoms with van der Waals surface area (Å²) in [4.78, 5) is 12.9. The Kier molecular flexibility index (Phi) is 7.72. The van der Waals surface area contributed by atoms with E-state index in [0.717, 1.165) is 11.1 Å². The number of terminal acetylenes is 1. The molecule has 1 aliphatic heterocycles. The maximum Gasteiger partial charge on any atom is 0.243 e. The number of carbonyl (C=O) groups excluding carboxylic acids is 1. The van der Waals surface area contributed by atoms with Crippen molar-refractivity contribution in [2.24, 2.45) is 5.92 Å². The summed E-state index contributed by atoms with van der Waals surface area (Å²) in [6.45, 7) is 3.29. The van der Waals surface area contributed by atoms with Gasteiger partial charge in [-0.1, -0.05) is 35.7 Å². The first-order chi connectivity index (χ1) is 14.9. The fourth-order valence-electron chi connectivity index (χ4n) is 3.59. The van der Waals surface area contributed by atoms with Gasteiger partial charge in [0.2, 0.25) is 15.9 Å². The first-order valence-corrected chi connectivity index (χ1v) is 11.8. The Labute approximate surface area is 184 Å². The van der Waals surface area contributed by atoms with Crippen molar-refractivity contribution in [1.82, 2.24) is 9.62 Å². The SMILES string of the molecule is C#CCOc1ccc(CCNC(=O)C2CCCN(S(=O)(=O)c3ccc(C)cc3)C2)cc1.